The van der Waals surface area contributed by atoms with Gasteiger partial charge in [-0.3, -0.25) is 4.79 Å². The maximum Gasteiger partial charge on any atom is 0.226 e. The summed E-state index contributed by atoms with van der Waals surface area (Å²) in [5, 5.41) is 8.61. The highest BCUT2D eigenvalue weighted by atomic mass is 35.5. The van der Waals surface area contributed by atoms with Crippen LogP contribution in [-0.2, 0) is 4.79 Å². The van der Waals surface area contributed by atoms with Gasteiger partial charge in [-0.05, 0) is 42.5 Å². The number of anilines is 1. The Morgan fingerprint density at radius 2 is 1.79 bits per heavy atom. The fourth-order valence-corrected chi connectivity index (χ4v) is 4.36. The molecule has 2 aromatic carbocycles. The molecule has 5 nitrogen and oxygen atoms in total. The number of fused-ring (bicyclic) bond motifs is 1. The van der Waals surface area contributed by atoms with Gasteiger partial charge < -0.3 is 5.32 Å². The number of nitrogens with zero attached hydrogens (tertiary/aromatic N) is 3. The van der Waals surface area contributed by atoms with Gasteiger partial charge in [-0.1, -0.05) is 54.1 Å². The minimum atomic E-state index is -0.283. The lowest BCUT2D eigenvalue weighted by Gasteiger charge is -2.35. The molecule has 28 heavy (non-hydrogen) atoms. The molecule has 2 aliphatic rings. The molecule has 6 heteroatoms. The second-order valence-corrected chi connectivity index (χ2v) is 7.77. The highest BCUT2D eigenvalue weighted by Crippen LogP contribution is 2.44. The number of hydrogen-bond acceptors (Lipinski definition) is 4. The summed E-state index contributed by atoms with van der Waals surface area (Å²) < 4.78 is 1.82. The van der Waals surface area contributed by atoms with Gasteiger partial charge in [-0.2, -0.15) is 10.1 Å². The number of aryl methyl sites for hydroxylation is 1. The molecule has 0 radical (unpaired) electrons. The van der Waals surface area contributed by atoms with E-state index in [0.29, 0.717) is 23.2 Å². The van der Waals surface area contributed by atoms with Crippen molar-refractivity contribution in [3.8, 4) is 0 Å². The van der Waals surface area contributed by atoms with E-state index in [1.807, 2.05) is 54.1 Å². The van der Waals surface area contributed by atoms with E-state index in [1.54, 1.807) is 0 Å². The topological polar surface area (TPSA) is 59.8 Å². The molecule has 0 spiro atoms. The summed E-state index contributed by atoms with van der Waals surface area (Å²) in [6.07, 6.45) is 1.28. The van der Waals surface area contributed by atoms with Gasteiger partial charge >= 0.3 is 0 Å². The lowest BCUT2D eigenvalue weighted by molar-refractivity contribution is -0.116. The number of carbonyl (C=O) groups excluding carboxylic acids is 1. The van der Waals surface area contributed by atoms with Crippen LogP contribution in [-0.4, -0.2) is 20.5 Å². The van der Waals surface area contributed by atoms with Gasteiger partial charge in [0.2, 0.25) is 5.95 Å². The molecule has 0 saturated carbocycles. The molecular formula is C22H19ClN4O. The van der Waals surface area contributed by atoms with Crippen LogP contribution in [0.5, 0.6) is 0 Å². The fourth-order valence-electron chi connectivity index (χ4n) is 4.23. The van der Waals surface area contributed by atoms with Gasteiger partial charge in [-0.25, -0.2) is 4.68 Å². The molecule has 0 unspecified atom stereocenters. The predicted octanol–water partition coefficient (Wildman–Crippen LogP) is 4.66. The van der Waals surface area contributed by atoms with Crippen molar-refractivity contribution >= 4 is 23.3 Å². The summed E-state index contributed by atoms with van der Waals surface area (Å²) in [4.78, 5) is 17.8. The van der Waals surface area contributed by atoms with Crippen LogP contribution in [0, 0.1) is 6.92 Å². The molecule has 5 rings (SSSR count). The zero-order valence-electron chi connectivity index (χ0n) is 15.4. The fraction of sp³-hybridized carbons (Fsp3) is 0.227. The van der Waals surface area contributed by atoms with E-state index in [9.17, 15) is 4.79 Å². The van der Waals surface area contributed by atoms with Gasteiger partial charge in [-0.15, -0.1) is 0 Å². The first-order valence-corrected chi connectivity index (χ1v) is 9.75. The summed E-state index contributed by atoms with van der Waals surface area (Å²) in [5.41, 5.74) is 3.91. The molecule has 1 aliphatic carbocycles. The molecule has 0 amide bonds. The van der Waals surface area contributed by atoms with Crippen molar-refractivity contribution in [2.45, 2.75) is 31.7 Å². The van der Waals surface area contributed by atoms with Gasteiger partial charge in [0.1, 0.15) is 11.9 Å². The molecule has 2 heterocycles. The monoisotopic (exact) mass is 390 g/mol. The van der Waals surface area contributed by atoms with Crippen molar-refractivity contribution in [3.05, 3.63) is 87.8 Å². The first-order chi connectivity index (χ1) is 13.6. The molecule has 1 aliphatic heterocycles. The molecule has 0 bridgehead atoms. The lowest BCUT2D eigenvalue weighted by atomic mass is 9.78. The minimum absolute atomic E-state index is 0.154. The van der Waals surface area contributed by atoms with E-state index in [1.165, 1.54) is 5.56 Å². The number of Topliss-reactive ketones (excluding diaryl/α,β-unsaturated/α-hetero) is 1. The number of rotatable bonds is 2. The third-order valence-corrected chi connectivity index (χ3v) is 5.73. The van der Waals surface area contributed by atoms with Crippen molar-refractivity contribution in [1.29, 1.82) is 0 Å². The van der Waals surface area contributed by atoms with E-state index in [2.05, 4.69) is 27.5 Å². The molecule has 0 saturated heterocycles. The number of carbonyl (C=O) groups is 1. The number of benzene rings is 2. The Labute approximate surface area is 168 Å². The second kappa shape index (κ2) is 6.60. The van der Waals surface area contributed by atoms with Gasteiger partial charge in [0.05, 0.1) is 0 Å². The van der Waals surface area contributed by atoms with Gasteiger partial charge in [0, 0.05) is 22.7 Å². The normalized spacial score (nSPS) is 21.1. The Bertz CT molecular complexity index is 1090. The molecular weight excluding hydrogens is 372 g/mol. The van der Waals surface area contributed by atoms with Crippen molar-refractivity contribution in [2.75, 3.05) is 5.32 Å². The molecule has 1 aromatic heterocycles. The van der Waals surface area contributed by atoms with Crippen LogP contribution in [0.25, 0.3) is 0 Å². The van der Waals surface area contributed by atoms with Crippen LogP contribution in [0.2, 0.25) is 5.02 Å². The van der Waals surface area contributed by atoms with Crippen molar-refractivity contribution in [2.24, 2.45) is 0 Å². The SMILES string of the molecule is Cc1nc2n(n1)[C@@H](c1ccc(Cl)cc1)C1=C(C[C@H](c3ccccc3)CC1=O)N2. The average Bonchev–Trinajstić information content (AvgIpc) is 3.07. The van der Waals surface area contributed by atoms with Gasteiger partial charge in [0.25, 0.3) is 0 Å². The third-order valence-electron chi connectivity index (χ3n) is 5.48. The standard InChI is InChI=1S/C22H19ClN4O/c1-13-24-22-25-18-11-16(14-5-3-2-4-6-14)12-19(28)20(18)21(27(22)26-13)15-7-9-17(23)10-8-15/h2-10,16,21H,11-12H2,1H3,(H,24,25,26)/t16-,21-/m0/s1. The summed E-state index contributed by atoms with van der Waals surface area (Å²) in [6, 6.07) is 17.6. The van der Waals surface area contributed by atoms with E-state index < -0.39 is 0 Å². The number of aromatic nitrogens is 3. The molecule has 3 aromatic rings. The van der Waals surface area contributed by atoms with Crippen LogP contribution >= 0.6 is 11.6 Å². The molecule has 140 valence electrons. The van der Waals surface area contributed by atoms with Crippen LogP contribution in [0.1, 0.15) is 41.8 Å². The van der Waals surface area contributed by atoms with Crippen molar-refractivity contribution < 1.29 is 4.79 Å². The van der Waals surface area contributed by atoms with Crippen LogP contribution in [0.15, 0.2) is 65.9 Å². The third kappa shape index (κ3) is 2.83. The van der Waals surface area contributed by atoms with Crippen LogP contribution in [0.4, 0.5) is 5.95 Å². The van der Waals surface area contributed by atoms with E-state index in [0.717, 1.165) is 23.3 Å². The van der Waals surface area contributed by atoms with E-state index in [4.69, 9.17) is 11.6 Å². The summed E-state index contributed by atoms with van der Waals surface area (Å²) in [5.74, 6) is 1.67. The van der Waals surface area contributed by atoms with E-state index >= 15 is 0 Å². The Morgan fingerprint density at radius 1 is 1.04 bits per heavy atom. The van der Waals surface area contributed by atoms with Crippen molar-refractivity contribution in [1.82, 2.24) is 14.8 Å². The highest BCUT2D eigenvalue weighted by molar-refractivity contribution is 6.30. The highest BCUT2D eigenvalue weighted by Gasteiger charge is 2.39. The number of nitrogens with one attached hydrogen (secondary N) is 1. The number of ketones is 1. The Balaban J connectivity index is 1.62. The smallest absolute Gasteiger partial charge is 0.226 e. The Morgan fingerprint density at radius 3 is 2.54 bits per heavy atom. The zero-order valence-corrected chi connectivity index (χ0v) is 16.1. The summed E-state index contributed by atoms with van der Waals surface area (Å²) >= 11 is 6.08. The number of hydrogen-bond donors (Lipinski definition) is 1. The number of halogens is 1. The van der Waals surface area contributed by atoms with Gasteiger partial charge in [0.15, 0.2) is 5.78 Å². The van der Waals surface area contributed by atoms with Crippen LogP contribution in [0.3, 0.4) is 0 Å². The first kappa shape index (κ1) is 17.2. The Hall–Kier alpha value is -2.92. The maximum absolute atomic E-state index is 13.3. The quantitative estimate of drug-likeness (QED) is 0.691. The second-order valence-electron chi connectivity index (χ2n) is 7.34. The minimum Gasteiger partial charge on any atom is -0.328 e. The molecule has 1 N–H and O–H groups in total. The Kier molecular flexibility index (Phi) is 4.05. The lowest BCUT2D eigenvalue weighted by Crippen LogP contribution is -2.33. The maximum atomic E-state index is 13.3. The molecule has 0 fully saturated rings. The number of allylic oxidation sites excluding steroid dienone is 2. The van der Waals surface area contributed by atoms with E-state index in [-0.39, 0.29) is 17.7 Å². The van der Waals surface area contributed by atoms with Crippen molar-refractivity contribution in [3.63, 3.8) is 0 Å². The predicted molar refractivity (Wildman–Crippen MR) is 108 cm³/mol. The summed E-state index contributed by atoms with van der Waals surface area (Å²) in [6.45, 7) is 1.86. The molecule has 2 atom stereocenters. The summed E-state index contributed by atoms with van der Waals surface area (Å²) in [7, 11) is 0. The van der Waals surface area contributed by atoms with Crippen LogP contribution < -0.4 is 5.32 Å². The zero-order chi connectivity index (χ0) is 19.3. The average molecular weight is 391 g/mol. The first-order valence-electron chi connectivity index (χ1n) is 9.37. The largest absolute Gasteiger partial charge is 0.328 e.